The normalized spacial score (nSPS) is 20.1. The van der Waals surface area contributed by atoms with Gasteiger partial charge in [0.2, 0.25) is 0 Å². The summed E-state index contributed by atoms with van der Waals surface area (Å²) in [5.74, 6) is -0.0848. The Morgan fingerprint density at radius 3 is 3.25 bits per heavy atom. The first-order valence-electron chi connectivity index (χ1n) is 6.70. The minimum Gasteiger partial charge on any atom is -0.396 e. The van der Waals surface area contributed by atoms with Crippen LogP contribution >= 0.6 is 0 Å². The molecule has 3 rings (SSSR count). The van der Waals surface area contributed by atoms with Crippen LogP contribution in [0.25, 0.3) is 5.52 Å². The number of hydrogen-bond donors (Lipinski definition) is 1. The average molecular weight is 275 g/mol. The van der Waals surface area contributed by atoms with Gasteiger partial charge in [0, 0.05) is 31.8 Å². The number of ether oxygens (including phenoxy) is 1. The van der Waals surface area contributed by atoms with Crippen molar-refractivity contribution in [2.75, 3.05) is 32.9 Å². The monoisotopic (exact) mass is 275 g/mol. The zero-order valence-corrected chi connectivity index (χ0v) is 11.1. The van der Waals surface area contributed by atoms with E-state index in [1.165, 1.54) is 0 Å². The number of fused-ring (bicyclic) bond motifs is 1. The molecule has 0 aliphatic carbocycles. The van der Waals surface area contributed by atoms with Gasteiger partial charge in [0.15, 0.2) is 0 Å². The number of amides is 1. The average Bonchev–Trinajstić information content (AvgIpc) is 2.76. The molecule has 20 heavy (non-hydrogen) atoms. The molecule has 2 aromatic heterocycles. The second-order valence-electron chi connectivity index (χ2n) is 4.96. The molecule has 0 saturated carbocycles. The van der Waals surface area contributed by atoms with Crippen molar-refractivity contribution in [3.63, 3.8) is 0 Å². The van der Waals surface area contributed by atoms with Gasteiger partial charge in [-0.3, -0.25) is 4.79 Å². The van der Waals surface area contributed by atoms with Crippen LogP contribution in [0.5, 0.6) is 0 Å². The van der Waals surface area contributed by atoms with Crippen molar-refractivity contribution in [1.29, 1.82) is 0 Å². The Bertz CT molecular complexity index is 610. The lowest BCUT2D eigenvalue weighted by Crippen LogP contribution is -2.36. The van der Waals surface area contributed by atoms with Gasteiger partial charge in [0.1, 0.15) is 0 Å². The SMILES string of the molecule is O=C(c1cnn2ccccc12)N1CCOCC(CO)C1. The number of aliphatic hydroxyl groups is 1. The molecule has 1 fully saturated rings. The van der Waals surface area contributed by atoms with Crippen molar-refractivity contribution in [2.24, 2.45) is 5.92 Å². The molecule has 6 heteroatoms. The summed E-state index contributed by atoms with van der Waals surface area (Å²) in [6, 6.07) is 5.63. The molecule has 1 aliphatic rings. The maximum absolute atomic E-state index is 12.6. The maximum Gasteiger partial charge on any atom is 0.257 e. The van der Waals surface area contributed by atoms with Crippen LogP contribution in [0.1, 0.15) is 10.4 Å². The second-order valence-corrected chi connectivity index (χ2v) is 4.96. The smallest absolute Gasteiger partial charge is 0.257 e. The predicted octanol–water partition coefficient (Wildman–Crippen LogP) is 0.415. The molecule has 1 amide bonds. The molecule has 0 radical (unpaired) electrons. The van der Waals surface area contributed by atoms with Crippen molar-refractivity contribution in [3.05, 3.63) is 36.2 Å². The lowest BCUT2D eigenvalue weighted by atomic mass is 10.1. The predicted molar refractivity (Wildman–Crippen MR) is 72.5 cm³/mol. The summed E-state index contributed by atoms with van der Waals surface area (Å²) in [6.45, 7) is 2.08. The number of aliphatic hydroxyl groups excluding tert-OH is 1. The lowest BCUT2D eigenvalue weighted by molar-refractivity contribution is 0.0730. The Hall–Kier alpha value is -1.92. The molecule has 1 N–H and O–H groups in total. The highest BCUT2D eigenvalue weighted by molar-refractivity contribution is 6.00. The molecule has 1 atom stereocenters. The Morgan fingerprint density at radius 1 is 1.50 bits per heavy atom. The number of pyridine rings is 1. The fourth-order valence-corrected chi connectivity index (χ4v) is 2.44. The largest absolute Gasteiger partial charge is 0.396 e. The third kappa shape index (κ3) is 2.39. The van der Waals surface area contributed by atoms with Crippen LogP contribution in [0, 0.1) is 5.92 Å². The highest BCUT2D eigenvalue weighted by Gasteiger charge is 2.24. The molecule has 3 heterocycles. The number of rotatable bonds is 2. The first-order valence-corrected chi connectivity index (χ1v) is 6.70. The molecule has 1 unspecified atom stereocenters. The fourth-order valence-electron chi connectivity index (χ4n) is 2.44. The van der Waals surface area contributed by atoms with Crippen molar-refractivity contribution < 1.29 is 14.6 Å². The van der Waals surface area contributed by atoms with Gasteiger partial charge in [-0.05, 0) is 12.1 Å². The fraction of sp³-hybridized carbons (Fsp3) is 0.429. The number of aromatic nitrogens is 2. The van der Waals surface area contributed by atoms with E-state index in [1.54, 1.807) is 15.6 Å². The maximum atomic E-state index is 12.6. The summed E-state index contributed by atoms with van der Waals surface area (Å²) in [5, 5.41) is 13.5. The van der Waals surface area contributed by atoms with E-state index in [2.05, 4.69) is 5.10 Å². The Morgan fingerprint density at radius 2 is 2.40 bits per heavy atom. The molecule has 1 saturated heterocycles. The number of nitrogens with zero attached hydrogens (tertiary/aromatic N) is 3. The van der Waals surface area contributed by atoms with Gasteiger partial charge in [0.05, 0.1) is 30.5 Å². The summed E-state index contributed by atoms with van der Waals surface area (Å²) in [7, 11) is 0. The van der Waals surface area contributed by atoms with E-state index >= 15 is 0 Å². The topological polar surface area (TPSA) is 67.1 Å². The van der Waals surface area contributed by atoms with Crippen molar-refractivity contribution in [3.8, 4) is 0 Å². The van der Waals surface area contributed by atoms with E-state index < -0.39 is 0 Å². The first kappa shape index (κ1) is 13.1. The standard InChI is InChI=1S/C14H17N3O3/c18-9-11-8-16(5-6-20-10-11)14(19)12-7-15-17-4-2-1-3-13(12)17/h1-4,7,11,18H,5-6,8-10H2. The van der Waals surface area contributed by atoms with E-state index in [1.807, 2.05) is 24.4 Å². The van der Waals surface area contributed by atoms with E-state index in [9.17, 15) is 9.90 Å². The van der Waals surface area contributed by atoms with Crippen LogP contribution in [0.15, 0.2) is 30.6 Å². The van der Waals surface area contributed by atoms with E-state index in [-0.39, 0.29) is 18.4 Å². The third-order valence-corrected chi connectivity index (χ3v) is 3.54. The molecular formula is C14H17N3O3. The van der Waals surface area contributed by atoms with Gasteiger partial charge < -0.3 is 14.7 Å². The lowest BCUT2D eigenvalue weighted by Gasteiger charge is -2.22. The van der Waals surface area contributed by atoms with Gasteiger partial charge >= 0.3 is 0 Å². The summed E-state index contributed by atoms with van der Waals surface area (Å²) < 4.78 is 7.09. The first-order chi connectivity index (χ1) is 9.79. The Kier molecular flexibility index (Phi) is 3.66. The van der Waals surface area contributed by atoms with Crippen LogP contribution in [0.2, 0.25) is 0 Å². The molecule has 1 aliphatic heterocycles. The van der Waals surface area contributed by atoms with Gasteiger partial charge in [0.25, 0.3) is 5.91 Å². The number of carbonyl (C=O) groups excluding carboxylic acids is 1. The zero-order chi connectivity index (χ0) is 13.9. The van der Waals surface area contributed by atoms with Crippen LogP contribution in [0.4, 0.5) is 0 Å². The van der Waals surface area contributed by atoms with Gasteiger partial charge in [-0.25, -0.2) is 4.52 Å². The number of hydrogen-bond acceptors (Lipinski definition) is 4. The minimum absolute atomic E-state index is 0.0247. The molecule has 0 aromatic carbocycles. The van der Waals surface area contributed by atoms with Crippen molar-refractivity contribution in [1.82, 2.24) is 14.5 Å². The molecule has 0 bridgehead atoms. The second kappa shape index (κ2) is 5.60. The van der Waals surface area contributed by atoms with Crippen LogP contribution in [-0.4, -0.2) is 58.4 Å². The minimum atomic E-state index is -0.0600. The molecule has 106 valence electrons. The summed E-state index contributed by atoms with van der Waals surface area (Å²) in [5.41, 5.74) is 1.38. The van der Waals surface area contributed by atoms with E-state index in [4.69, 9.17) is 4.74 Å². The van der Waals surface area contributed by atoms with Crippen LogP contribution in [-0.2, 0) is 4.74 Å². The Balaban J connectivity index is 1.87. The van der Waals surface area contributed by atoms with Gasteiger partial charge in [-0.1, -0.05) is 6.07 Å². The summed E-state index contributed by atoms with van der Waals surface area (Å²) in [6.07, 6.45) is 3.41. The summed E-state index contributed by atoms with van der Waals surface area (Å²) in [4.78, 5) is 14.4. The molecular weight excluding hydrogens is 258 g/mol. The Labute approximate surface area is 116 Å². The number of carbonyl (C=O) groups is 1. The zero-order valence-electron chi connectivity index (χ0n) is 11.1. The van der Waals surface area contributed by atoms with E-state index in [0.717, 1.165) is 5.52 Å². The van der Waals surface area contributed by atoms with Crippen LogP contribution in [0.3, 0.4) is 0 Å². The molecule has 6 nitrogen and oxygen atoms in total. The highest BCUT2D eigenvalue weighted by atomic mass is 16.5. The quantitative estimate of drug-likeness (QED) is 0.862. The van der Waals surface area contributed by atoms with Gasteiger partial charge in [-0.15, -0.1) is 0 Å². The van der Waals surface area contributed by atoms with Crippen LogP contribution < -0.4 is 0 Å². The van der Waals surface area contributed by atoms with E-state index in [0.29, 0.717) is 31.9 Å². The van der Waals surface area contributed by atoms with Crippen molar-refractivity contribution in [2.45, 2.75) is 0 Å². The van der Waals surface area contributed by atoms with Gasteiger partial charge in [-0.2, -0.15) is 5.10 Å². The molecule has 2 aromatic rings. The third-order valence-electron chi connectivity index (χ3n) is 3.54. The molecule has 0 spiro atoms. The van der Waals surface area contributed by atoms with Crippen molar-refractivity contribution >= 4 is 11.4 Å². The summed E-state index contributed by atoms with van der Waals surface area (Å²) >= 11 is 0. The highest BCUT2D eigenvalue weighted by Crippen LogP contribution is 2.15.